The molecule has 0 bridgehead atoms. The average Bonchev–Trinajstić information content (AvgIpc) is 2.28. The van der Waals surface area contributed by atoms with Crippen molar-refractivity contribution in [2.75, 3.05) is 40.5 Å². The molecule has 0 aliphatic heterocycles. The molecular formula is C11H25N3O2. The molecule has 0 atom stereocenters. The number of guanidine groups is 1. The molecule has 0 aliphatic rings. The van der Waals surface area contributed by atoms with Gasteiger partial charge >= 0.3 is 0 Å². The molecule has 0 saturated carbocycles. The highest BCUT2D eigenvalue weighted by Crippen LogP contribution is 2.04. The maximum absolute atomic E-state index is 5.31. The lowest BCUT2D eigenvalue weighted by molar-refractivity contribution is 0.0268. The molecule has 0 unspecified atom stereocenters. The summed E-state index contributed by atoms with van der Waals surface area (Å²) < 4.78 is 10.5. The Hall–Kier alpha value is -0.810. The summed E-state index contributed by atoms with van der Waals surface area (Å²) >= 11 is 0. The molecule has 0 aromatic heterocycles. The Morgan fingerprint density at radius 1 is 1.31 bits per heavy atom. The number of aliphatic imine (C=N–C) groups is 1. The van der Waals surface area contributed by atoms with Crippen LogP contribution in [0.2, 0.25) is 0 Å². The van der Waals surface area contributed by atoms with Crippen LogP contribution in [0, 0.1) is 0 Å². The molecule has 0 radical (unpaired) electrons. The van der Waals surface area contributed by atoms with E-state index in [-0.39, 0.29) is 5.60 Å². The van der Waals surface area contributed by atoms with Crippen LogP contribution < -0.4 is 10.6 Å². The van der Waals surface area contributed by atoms with Crippen LogP contribution in [-0.4, -0.2) is 52.0 Å². The molecule has 0 fully saturated rings. The summed E-state index contributed by atoms with van der Waals surface area (Å²) in [5.74, 6) is 0.768. The van der Waals surface area contributed by atoms with Gasteiger partial charge in [-0.2, -0.15) is 0 Å². The van der Waals surface area contributed by atoms with Crippen molar-refractivity contribution in [2.24, 2.45) is 4.99 Å². The van der Waals surface area contributed by atoms with Crippen LogP contribution in [0.15, 0.2) is 4.99 Å². The number of nitrogens with one attached hydrogen (secondary N) is 2. The first-order chi connectivity index (χ1) is 7.55. The molecule has 2 N–H and O–H groups in total. The summed E-state index contributed by atoms with van der Waals surface area (Å²) in [7, 11) is 3.45. The monoisotopic (exact) mass is 231 g/mol. The Balaban J connectivity index is 3.77. The third-order valence-corrected chi connectivity index (χ3v) is 2.20. The van der Waals surface area contributed by atoms with Crippen LogP contribution >= 0.6 is 0 Å². The number of hydrogen-bond donors (Lipinski definition) is 2. The van der Waals surface area contributed by atoms with Gasteiger partial charge in [0.2, 0.25) is 0 Å². The van der Waals surface area contributed by atoms with Crippen LogP contribution in [-0.2, 0) is 9.47 Å². The van der Waals surface area contributed by atoms with Gasteiger partial charge in [-0.25, -0.2) is 0 Å². The first-order valence-corrected chi connectivity index (χ1v) is 5.63. The lowest BCUT2D eigenvalue weighted by Gasteiger charge is -2.24. The van der Waals surface area contributed by atoms with Crippen molar-refractivity contribution in [3.05, 3.63) is 0 Å². The van der Waals surface area contributed by atoms with E-state index < -0.39 is 0 Å². The van der Waals surface area contributed by atoms with Gasteiger partial charge in [0.15, 0.2) is 5.96 Å². The quantitative estimate of drug-likeness (QED) is 0.383. The Morgan fingerprint density at radius 3 is 2.50 bits per heavy atom. The van der Waals surface area contributed by atoms with E-state index in [9.17, 15) is 0 Å². The fourth-order valence-corrected chi connectivity index (χ4v) is 0.975. The highest BCUT2D eigenvalue weighted by molar-refractivity contribution is 5.79. The lowest BCUT2D eigenvalue weighted by atomic mass is 10.1. The molecule has 5 nitrogen and oxygen atoms in total. The van der Waals surface area contributed by atoms with Gasteiger partial charge in [-0.1, -0.05) is 0 Å². The van der Waals surface area contributed by atoms with Crippen LogP contribution in [0.4, 0.5) is 0 Å². The Bertz CT molecular complexity index is 205. The third kappa shape index (κ3) is 7.48. The van der Waals surface area contributed by atoms with Gasteiger partial charge in [-0.15, -0.1) is 0 Å². The normalized spacial score (nSPS) is 12.7. The minimum Gasteiger partial charge on any atom is -0.380 e. The van der Waals surface area contributed by atoms with E-state index in [1.807, 2.05) is 20.8 Å². The number of methoxy groups -OCH3 is 1. The Labute approximate surface area is 98.6 Å². The summed E-state index contributed by atoms with van der Waals surface area (Å²) in [6.07, 6.45) is 0. The van der Waals surface area contributed by atoms with Gasteiger partial charge in [0.1, 0.15) is 0 Å². The summed E-state index contributed by atoms with van der Waals surface area (Å²) in [5, 5.41) is 6.36. The van der Waals surface area contributed by atoms with E-state index in [4.69, 9.17) is 9.47 Å². The van der Waals surface area contributed by atoms with E-state index in [0.717, 1.165) is 19.1 Å². The van der Waals surface area contributed by atoms with Gasteiger partial charge in [0, 0.05) is 33.9 Å². The van der Waals surface area contributed by atoms with Crippen molar-refractivity contribution in [3.8, 4) is 0 Å². The number of nitrogens with zero attached hydrogens (tertiary/aromatic N) is 1. The highest BCUT2D eigenvalue weighted by atomic mass is 16.5. The van der Waals surface area contributed by atoms with Crippen molar-refractivity contribution in [1.82, 2.24) is 10.6 Å². The number of ether oxygens (including phenoxy) is 2. The predicted molar refractivity (Wildman–Crippen MR) is 66.9 cm³/mol. The molecule has 0 aromatic rings. The van der Waals surface area contributed by atoms with Crippen molar-refractivity contribution in [2.45, 2.75) is 26.4 Å². The van der Waals surface area contributed by atoms with Gasteiger partial charge < -0.3 is 20.1 Å². The van der Waals surface area contributed by atoms with Gasteiger partial charge in [-0.05, 0) is 20.8 Å². The summed E-state index contributed by atoms with van der Waals surface area (Å²) in [6, 6.07) is 0. The largest absolute Gasteiger partial charge is 0.380 e. The third-order valence-electron chi connectivity index (χ3n) is 2.20. The van der Waals surface area contributed by atoms with E-state index in [2.05, 4.69) is 15.6 Å². The molecule has 16 heavy (non-hydrogen) atoms. The molecular weight excluding hydrogens is 206 g/mol. The molecule has 96 valence electrons. The zero-order chi connectivity index (χ0) is 12.4. The van der Waals surface area contributed by atoms with Gasteiger partial charge in [0.05, 0.1) is 12.2 Å². The SMILES string of the molecule is CCOCCNC(=NC)NCC(C)(C)OC. The first-order valence-electron chi connectivity index (χ1n) is 5.63. The zero-order valence-electron chi connectivity index (χ0n) is 11.1. The standard InChI is InChI=1S/C11H25N3O2/c1-6-16-8-7-13-10(12-4)14-9-11(2,3)15-5/h6-9H2,1-5H3,(H2,12,13,14). The molecule has 0 aliphatic carbocycles. The molecule has 5 heteroatoms. The number of rotatable bonds is 7. The van der Waals surface area contributed by atoms with Crippen LogP contribution in [0.5, 0.6) is 0 Å². The minimum absolute atomic E-state index is 0.197. The van der Waals surface area contributed by atoms with E-state index in [1.54, 1.807) is 14.2 Å². The summed E-state index contributed by atoms with van der Waals surface area (Å²) in [5.41, 5.74) is -0.197. The van der Waals surface area contributed by atoms with E-state index >= 15 is 0 Å². The molecule has 0 aromatic carbocycles. The fraction of sp³-hybridized carbons (Fsp3) is 0.909. The van der Waals surface area contributed by atoms with Crippen molar-refractivity contribution < 1.29 is 9.47 Å². The van der Waals surface area contributed by atoms with Crippen molar-refractivity contribution >= 4 is 5.96 Å². The van der Waals surface area contributed by atoms with Crippen molar-refractivity contribution in [3.63, 3.8) is 0 Å². The minimum atomic E-state index is -0.197. The summed E-state index contributed by atoms with van der Waals surface area (Å²) in [4.78, 5) is 4.11. The Morgan fingerprint density at radius 2 is 2.00 bits per heavy atom. The van der Waals surface area contributed by atoms with Crippen LogP contribution in [0.25, 0.3) is 0 Å². The van der Waals surface area contributed by atoms with Gasteiger partial charge in [0.25, 0.3) is 0 Å². The van der Waals surface area contributed by atoms with Gasteiger partial charge in [-0.3, -0.25) is 4.99 Å². The predicted octanol–water partition coefficient (Wildman–Crippen LogP) is 0.613. The molecule has 0 amide bonds. The molecule has 0 saturated heterocycles. The van der Waals surface area contributed by atoms with Crippen LogP contribution in [0.1, 0.15) is 20.8 Å². The second kappa shape index (κ2) is 8.35. The van der Waals surface area contributed by atoms with E-state index in [1.165, 1.54) is 0 Å². The maximum atomic E-state index is 5.31. The Kier molecular flexibility index (Phi) is 7.93. The smallest absolute Gasteiger partial charge is 0.191 e. The molecule has 0 rings (SSSR count). The first kappa shape index (κ1) is 15.2. The average molecular weight is 231 g/mol. The lowest BCUT2D eigenvalue weighted by Crippen LogP contribution is -2.46. The topological polar surface area (TPSA) is 54.9 Å². The number of hydrogen-bond acceptors (Lipinski definition) is 3. The van der Waals surface area contributed by atoms with Crippen molar-refractivity contribution in [1.29, 1.82) is 0 Å². The molecule has 0 spiro atoms. The maximum Gasteiger partial charge on any atom is 0.191 e. The fourth-order valence-electron chi connectivity index (χ4n) is 0.975. The van der Waals surface area contributed by atoms with Crippen LogP contribution in [0.3, 0.4) is 0 Å². The van der Waals surface area contributed by atoms with E-state index in [0.29, 0.717) is 13.2 Å². The highest BCUT2D eigenvalue weighted by Gasteiger charge is 2.16. The molecule has 0 heterocycles. The zero-order valence-corrected chi connectivity index (χ0v) is 11.1. The summed E-state index contributed by atoms with van der Waals surface area (Å²) in [6.45, 7) is 8.91. The second-order valence-electron chi connectivity index (χ2n) is 4.01. The second-order valence-corrected chi connectivity index (χ2v) is 4.01.